The molecule has 0 saturated heterocycles. The van der Waals surface area contributed by atoms with Crippen molar-refractivity contribution in [2.45, 2.75) is 0 Å². The van der Waals surface area contributed by atoms with Crippen LogP contribution in [0.15, 0.2) is 195 Å². The van der Waals surface area contributed by atoms with Crippen LogP contribution in [-0.2, 0) is 14.1 Å². The summed E-state index contributed by atoms with van der Waals surface area (Å²) >= 11 is 20.0. The third-order valence-corrected chi connectivity index (χ3v) is 11.9. The van der Waals surface area contributed by atoms with Crippen molar-refractivity contribution in [1.82, 2.24) is 0 Å². The van der Waals surface area contributed by atoms with Gasteiger partial charge in [-0.3, -0.25) is 0 Å². The number of rotatable bonds is 9. The molecule has 0 spiro atoms. The summed E-state index contributed by atoms with van der Waals surface area (Å²) in [7, 11) is 5.79. The SMILES string of the molecule is COc1ccc(-c2c(-c3ccc(Cl)cc3)c(-c3ccc(-c4ccc[n+](C)c4)cc3)c(-c3ccc(Cl)cc3)c(-c3ccc(-c4ccc[n+](C)c4)cc3)c2-c2ccc(Cl)cc2)cc1. The number of ether oxygens (including phenoxy) is 1. The summed E-state index contributed by atoms with van der Waals surface area (Å²) in [5, 5.41) is 1.99. The normalized spacial score (nSPS) is 11.1. The molecule has 0 amide bonds. The van der Waals surface area contributed by atoms with Gasteiger partial charge in [0.15, 0.2) is 24.8 Å². The van der Waals surface area contributed by atoms with Crippen LogP contribution < -0.4 is 13.9 Å². The summed E-state index contributed by atoms with van der Waals surface area (Å²) in [6.07, 6.45) is 8.39. The first kappa shape index (κ1) is 39.9. The van der Waals surface area contributed by atoms with Crippen LogP contribution in [-0.4, -0.2) is 7.11 Å². The summed E-state index contributed by atoms with van der Waals surface area (Å²) in [6, 6.07) is 59.3. The molecule has 0 bridgehead atoms. The molecule has 2 aromatic heterocycles. The van der Waals surface area contributed by atoms with E-state index in [9.17, 15) is 0 Å². The highest BCUT2D eigenvalue weighted by molar-refractivity contribution is 6.31. The quantitative estimate of drug-likeness (QED) is 0.132. The van der Waals surface area contributed by atoms with E-state index >= 15 is 0 Å². The maximum absolute atomic E-state index is 6.66. The van der Waals surface area contributed by atoms with Gasteiger partial charge < -0.3 is 4.74 Å². The molecule has 7 aromatic carbocycles. The molecule has 0 fully saturated rings. The zero-order chi connectivity index (χ0) is 42.0. The van der Waals surface area contributed by atoms with Gasteiger partial charge in [-0.25, -0.2) is 9.13 Å². The van der Waals surface area contributed by atoms with Gasteiger partial charge in [0.1, 0.15) is 19.8 Å². The summed E-state index contributed by atoms with van der Waals surface area (Å²) in [6.45, 7) is 0. The van der Waals surface area contributed by atoms with Crippen LogP contribution >= 0.6 is 34.8 Å². The molecule has 61 heavy (non-hydrogen) atoms. The fraction of sp³-hybridized carbons (Fsp3) is 0.0545. The van der Waals surface area contributed by atoms with Crippen LogP contribution in [0.1, 0.15) is 0 Å². The van der Waals surface area contributed by atoms with E-state index in [4.69, 9.17) is 39.5 Å². The van der Waals surface area contributed by atoms with Crippen LogP contribution in [0.4, 0.5) is 0 Å². The van der Waals surface area contributed by atoms with Gasteiger partial charge in [-0.2, -0.15) is 0 Å². The summed E-state index contributed by atoms with van der Waals surface area (Å²) < 4.78 is 9.85. The second-order valence-corrected chi connectivity index (χ2v) is 16.5. The molecular formula is C55H41Cl3N2O+2. The minimum Gasteiger partial charge on any atom is -0.497 e. The molecule has 0 aliphatic carbocycles. The Kier molecular flexibility index (Phi) is 11.3. The lowest BCUT2D eigenvalue weighted by Gasteiger charge is -2.29. The predicted octanol–water partition coefficient (Wildman–Crippen LogP) is 14.6. The Morgan fingerprint density at radius 1 is 0.311 bits per heavy atom. The van der Waals surface area contributed by atoms with E-state index in [0.717, 1.165) is 94.8 Å². The average molecular weight is 852 g/mol. The van der Waals surface area contributed by atoms with Crippen molar-refractivity contribution in [2.75, 3.05) is 7.11 Å². The fourth-order valence-corrected chi connectivity index (χ4v) is 8.64. The second kappa shape index (κ2) is 17.2. The van der Waals surface area contributed by atoms with Crippen molar-refractivity contribution >= 4 is 34.8 Å². The Balaban J connectivity index is 1.48. The Morgan fingerprint density at radius 2 is 0.557 bits per heavy atom. The van der Waals surface area contributed by atoms with E-state index < -0.39 is 0 Å². The van der Waals surface area contributed by atoms with E-state index in [2.05, 4.69) is 143 Å². The monoisotopic (exact) mass is 850 g/mol. The maximum atomic E-state index is 6.66. The highest BCUT2D eigenvalue weighted by Gasteiger charge is 2.29. The van der Waals surface area contributed by atoms with Gasteiger partial charge in [-0.15, -0.1) is 0 Å². The van der Waals surface area contributed by atoms with Gasteiger partial charge in [0, 0.05) is 38.3 Å². The van der Waals surface area contributed by atoms with Gasteiger partial charge in [0.05, 0.1) is 7.11 Å². The zero-order valence-electron chi connectivity index (χ0n) is 33.9. The minimum absolute atomic E-state index is 0.663. The molecule has 296 valence electrons. The second-order valence-electron chi connectivity index (χ2n) is 15.2. The molecule has 0 atom stereocenters. The molecule has 0 aliphatic rings. The van der Waals surface area contributed by atoms with Gasteiger partial charge >= 0.3 is 0 Å². The van der Waals surface area contributed by atoms with Gasteiger partial charge in [-0.1, -0.05) is 132 Å². The average Bonchev–Trinajstić information content (AvgIpc) is 3.29. The van der Waals surface area contributed by atoms with Crippen LogP contribution in [0, 0.1) is 0 Å². The lowest BCUT2D eigenvalue weighted by molar-refractivity contribution is -0.671. The first-order chi connectivity index (χ1) is 29.7. The number of aromatic nitrogens is 2. The lowest BCUT2D eigenvalue weighted by Crippen LogP contribution is -2.26. The van der Waals surface area contributed by atoms with Crippen LogP contribution in [0.2, 0.25) is 15.1 Å². The highest BCUT2D eigenvalue weighted by atomic mass is 35.5. The number of methoxy groups -OCH3 is 1. The van der Waals surface area contributed by atoms with Gasteiger partial charge in [0.2, 0.25) is 0 Å². The molecule has 2 heterocycles. The lowest BCUT2D eigenvalue weighted by atomic mass is 9.74. The molecule has 9 rings (SSSR count). The van der Waals surface area contributed by atoms with Crippen molar-refractivity contribution in [3.63, 3.8) is 0 Å². The summed E-state index contributed by atoms with van der Waals surface area (Å²) in [5.41, 5.74) is 17.2. The molecular weight excluding hydrogens is 811 g/mol. The van der Waals surface area contributed by atoms with Crippen molar-refractivity contribution in [2.24, 2.45) is 14.1 Å². The number of benzene rings is 7. The topological polar surface area (TPSA) is 17.0 Å². The van der Waals surface area contributed by atoms with E-state index in [1.165, 1.54) is 0 Å². The molecule has 0 unspecified atom stereocenters. The highest BCUT2D eigenvalue weighted by Crippen LogP contribution is 2.56. The number of halogens is 3. The Morgan fingerprint density at radius 3 is 0.820 bits per heavy atom. The van der Waals surface area contributed by atoms with Gasteiger partial charge in [0.25, 0.3) is 0 Å². The minimum atomic E-state index is 0.663. The van der Waals surface area contributed by atoms with Crippen molar-refractivity contribution in [1.29, 1.82) is 0 Å². The van der Waals surface area contributed by atoms with E-state index in [-0.39, 0.29) is 0 Å². The van der Waals surface area contributed by atoms with E-state index in [1.807, 2.05) is 75.0 Å². The molecule has 0 radical (unpaired) electrons. The predicted molar refractivity (Wildman–Crippen MR) is 254 cm³/mol. The molecule has 3 nitrogen and oxygen atoms in total. The largest absolute Gasteiger partial charge is 0.497 e. The summed E-state index contributed by atoms with van der Waals surface area (Å²) in [4.78, 5) is 0. The third kappa shape index (κ3) is 8.21. The smallest absolute Gasteiger partial charge is 0.176 e. The number of nitrogens with zero attached hydrogens (tertiary/aromatic N) is 2. The molecule has 6 heteroatoms. The molecule has 0 aliphatic heterocycles. The van der Waals surface area contributed by atoms with Crippen molar-refractivity contribution in [3.05, 3.63) is 210 Å². The summed E-state index contributed by atoms with van der Waals surface area (Å²) in [5.74, 6) is 0.776. The van der Waals surface area contributed by atoms with Crippen molar-refractivity contribution < 1.29 is 13.9 Å². The standard InChI is InChI=1S/C55H41Cl3N2O/c1-59-32-4-6-44(34-59)36-8-12-38(13-9-36)50-52(40-16-24-46(56)25-17-40)51(39-14-10-37(11-15-39)45-7-5-33-60(2)35-45)54(42-20-28-48(58)29-21-42)55(43-22-30-49(61-3)31-23-43)53(50)41-18-26-47(57)27-19-41/h4-35H,1-3H3/q+2. The maximum Gasteiger partial charge on any atom is 0.176 e. The molecule has 0 N–H and O–H groups in total. The van der Waals surface area contributed by atoms with Crippen LogP contribution in [0.25, 0.3) is 89.0 Å². The molecule has 0 saturated carbocycles. The van der Waals surface area contributed by atoms with E-state index in [1.54, 1.807) is 7.11 Å². The first-order valence-corrected chi connectivity index (χ1v) is 21.2. The number of aryl methyl sites for hydroxylation is 2. The van der Waals surface area contributed by atoms with E-state index in [0.29, 0.717) is 15.1 Å². The Labute approximate surface area is 372 Å². The Bertz CT molecular complexity index is 2840. The number of hydrogen-bond donors (Lipinski definition) is 0. The van der Waals surface area contributed by atoms with Crippen LogP contribution in [0.5, 0.6) is 5.75 Å². The zero-order valence-corrected chi connectivity index (χ0v) is 36.2. The van der Waals surface area contributed by atoms with Gasteiger partial charge in [-0.05, 0) is 139 Å². The number of pyridine rings is 2. The fourth-order valence-electron chi connectivity index (χ4n) is 8.27. The first-order valence-electron chi connectivity index (χ1n) is 20.0. The van der Waals surface area contributed by atoms with Crippen molar-refractivity contribution in [3.8, 4) is 94.8 Å². The van der Waals surface area contributed by atoms with Crippen LogP contribution in [0.3, 0.4) is 0 Å². The Hall–Kier alpha value is -6.49. The third-order valence-electron chi connectivity index (χ3n) is 11.2. The number of hydrogen-bond acceptors (Lipinski definition) is 1. The molecule has 9 aromatic rings.